The first kappa shape index (κ1) is 19.7. The Labute approximate surface area is 164 Å². The van der Waals surface area contributed by atoms with Crippen molar-refractivity contribution in [1.29, 1.82) is 0 Å². The minimum atomic E-state index is -0.449. The molecule has 3 rings (SSSR count). The van der Waals surface area contributed by atoms with Gasteiger partial charge in [0.15, 0.2) is 0 Å². The van der Waals surface area contributed by atoms with Crippen LogP contribution >= 0.6 is 0 Å². The molecule has 2 aromatic carbocycles. The van der Waals surface area contributed by atoms with E-state index in [9.17, 15) is 14.9 Å². The van der Waals surface area contributed by atoms with E-state index < -0.39 is 4.92 Å². The first-order chi connectivity index (χ1) is 13.2. The highest BCUT2D eigenvalue weighted by Gasteiger charge is 2.44. The molecule has 1 N–H and O–H groups in total. The van der Waals surface area contributed by atoms with Crippen molar-refractivity contribution in [2.24, 2.45) is 11.0 Å². The van der Waals surface area contributed by atoms with Crippen molar-refractivity contribution in [3.63, 3.8) is 0 Å². The number of hydrazone groups is 1. The number of carbonyl (C=O) groups is 1. The quantitative estimate of drug-likeness (QED) is 0.470. The molecule has 146 valence electrons. The number of rotatable bonds is 5. The molecule has 2 atom stereocenters. The highest BCUT2D eigenvalue weighted by Crippen LogP contribution is 2.47. The molecule has 0 bridgehead atoms. The van der Waals surface area contributed by atoms with Gasteiger partial charge in [-0.2, -0.15) is 5.10 Å². The Morgan fingerprint density at radius 2 is 1.86 bits per heavy atom. The first-order valence-electron chi connectivity index (χ1n) is 9.36. The molecule has 6 nitrogen and oxygen atoms in total. The van der Waals surface area contributed by atoms with Gasteiger partial charge in [-0.1, -0.05) is 57.2 Å². The third kappa shape index (κ3) is 4.44. The fraction of sp³-hybridized carbons (Fsp3) is 0.364. The summed E-state index contributed by atoms with van der Waals surface area (Å²) in [6.07, 6.45) is 0.812. The third-order valence-corrected chi connectivity index (χ3v) is 5.14. The van der Waals surface area contributed by atoms with Crippen LogP contribution in [-0.4, -0.2) is 16.5 Å². The zero-order valence-electron chi connectivity index (χ0n) is 16.6. The zero-order chi connectivity index (χ0) is 20.5. The van der Waals surface area contributed by atoms with Gasteiger partial charge in [0.2, 0.25) is 5.91 Å². The standard InChI is InChI=1S/C22H25N3O3/c1-14(16-6-5-7-18(12-16)25(27)28)23-24-21(26)20-13-19(20)15-8-10-17(11-9-15)22(2,3)4/h5-12,19-20H,13H2,1-4H3,(H,24,26)/b23-14-. The predicted octanol–water partition coefficient (Wildman–Crippen LogP) is 4.54. The molecule has 1 amide bonds. The molecular weight excluding hydrogens is 354 g/mol. The van der Waals surface area contributed by atoms with Crippen LogP contribution in [0.1, 0.15) is 56.7 Å². The van der Waals surface area contributed by atoms with Crippen LogP contribution in [0.3, 0.4) is 0 Å². The monoisotopic (exact) mass is 379 g/mol. The predicted molar refractivity (Wildman–Crippen MR) is 109 cm³/mol. The largest absolute Gasteiger partial charge is 0.273 e. The molecule has 6 heteroatoms. The highest BCUT2D eigenvalue weighted by molar-refractivity contribution is 5.99. The number of non-ortho nitro benzene ring substituents is 1. The lowest BCUT2D eigenvalue weighted by atomic mass is 9.86. The maximum atomic E-state index is 12.4. The van der Waals surface area contributed by atoms with Gasteiger partial charge < -0.3 is 0 Å². The number of benzene rings is 2. The maximum Gasteiger partial charge on any atom is 0.270 e. The van der Waals surface area contributed by atoms with E-state index >= 15 is 0 Å². The van der Waals surface area contributed by atoms with Crippen molar-refractivity contribution in [3.05, 3.63) is 75.3 Å². The van der Waals surface area contributed by atoms with E-state index in [1.165, 1.54) is 23.3 Å². The van der Waals surface area contributed by atoms with Crippen molar-refractivity contribution in [2.45, 2.75) is 45.4 Å². The molecule has 2 unspecified atom stereocenters. The van der Waals surface area contributed by atoms with Gasteiger partial charge in [-0.15, -0.1) is 0 Å². The van der Waals surface area contributed by atoms with Crippen molar-refractivity contribution >= 4 is 17.3 Å². The van der Waals surface area contributed by atoms with Crippen molar-refractivity contribution in [1.82, 2.24) is 5.43 Å². The van der Waals surface area contributed by atoms with Crippen LogP contribution < -0.4 is 5.43 Å². The molecule has 0 spiro atoms. The molecule has 1 fully saturated rings. The van der Waals surface area contributed by atoms with Gasteiger partial charge in [0, 0.05) is 23.6 Å². The Balaban J connectivity index is 1.61. The van der Waals surface area contributed by atoms with Crippen molar-refractivity contribution in [3.8, 4) is 0 Å². The average molecular weight is 379 g/mol. The van der Waals surface area contributed by atoms with Gasteiger partial charge in [0.05, 0.1) is 10.6 Å². The van der Waals surface area contributed by atoms with Crippen LogP contribution in [0.25, 0.3) is 0 Å². The summed E-state index contributed by atoms with van der Waals surface area (Å²) >= 11 is 0. The summed E-state index contributed by atoms with van der Waals surface area (Å²) < 4.78 is 0. The summed E-state index contributed by atoms with van der Waals surface area (Å²) in [6, 6.07) is 14.7. The van der Waals surface area contributed by atoms with Gasteiger partial charge in [0.25, 0.3) is 5.69 Å². The second kappa shape index (κ2) is 7.54. The normalized spacial score (nSPS) is 19.2. The number of nitrogens with one attached hydrogen (secondary N) is 1. The van der Waals surface area contributed by atoms with E-state index in [0.717, 1.165) is 6.42 Å². The van der Waals surface area contributed by atoms with Crippen LogP contribution in [0.5, 0.6) is 0 Å². The number of nitro groups is 1. The van der Waals surface area contributed by atoms with Crippen LogP contribution in [0.4, 0.5) is 5.69 Å². The van der Waals surface area contributed by atoms with Crippen LogP contribution in [0.15, 0.2) is 53.6 Å². The molecule has 1 saturated carbocycles. The van der Waals surface area contributed by atoms with E-state index in [1.54, 1.807) is 19.1 Å². The Morgan fingerprint density at radius 1 is 1.18 bits per heavy atom. The third-order valence-electron chi connectivity index (χ3n) is 5.14. The number of amides is 1. The van der Waals surface area contributed by atoms with Crippen LogP contribution in [0.2, 0.25) is 0 Å². The molecule has 0 aromatic heterocycles. The lowest BCUT2D eigenvalue weighted by molar-refractivity contribution is -0.384. The minimum Gasteiger partial charge on any atom is -0.273 e. The SMILES string of the molecule is C/C(=N/NC(=O)C1CC1c1ccc(C(C)(C)C)cc1)c1cccc([N+](=O)[O-])c1. The topological polar surface area (TPSA) is 84.6 Å². The molecule has 2 aromatic rings. The van der Waals surface area contributed by atoms with Crippen LogP contribution in [0, 0.1) is 16.0 Å². The Bertz CT molecular complexity index is 927. The Morgan fingerprint density at radius 3 is 2.46 bits per heavy atom. The zero-order valence-corrected chi connectivity index (χ0v) is 16.6. The van der Waals surface area contributed by atoms with E-state index in [2.05, 4.69) is 55.6 Å². The highest BCUT2D eigenvalue weighted by atomic mass is 16.6. The molecule has 1 aliphatic rings. The van der Waals surface area contributed by atoms with E-state index in [1.807, 2.05) is 0 Å². The minimum absolute atomic E-state index is 0.000614. The van der Waals surface area contributed by atoms with Gasteiger partial charge in [-0.3, -0.25) is 14.9 Å². The molecule has 0 saturated heterocycles. The van der Waals surface area contributed by atoms with Crippen molar-refractivity contribution in [2.75, 3.05) is 0 Å². The summed E-state index contributed by atoms with van der Waals surface area (Å²) in [6.45, 7) is 8.25. The van der Waals surface area contributed by atoms with Crippen molar-refractivity contribution < 1.29 is 9.72 Å². The second-order valence-corrected chi connectivity index (χ2v) is 8.30. The fourth-order valence-electron chi connectivity index (χ4n) is 3.21. The maximum absolute atomic E-state index is 12.4. The smallest absolute Gasteiger partial charge is 0.270 e. The van der Waals surface area contributed by atoms with E-state index in [0.29, 0.717) is 11.3 Å². The Hall–Kier alpha value is -3.02. The van der Waals surface area contributed by atoms with Gasteiger partial charge >= 0.3 is 0 Å². The lowest BCUT2D eigenvalue weighted by Crippen LogP contribution is -2.21. The molecule has 1 aliphatic carbocycles. The van der Waals surface area contributed by atoms with Gasteiger partial charge in [-0.25, -0.2) is 5.43 Å². The number of nitro benzene ring substituents is 1. The molecule has 28 heavy (non-hydrogen) atoms. The summed E-state index contributed by atoms with van der Waals surface area (Å²) in [7, 11) is 0. The van der Waals surface area contributed by atoms with Crippen LogP contribution in [-0.2, 0) is 10.2 Å². The first-order valence-corrected chi connectivity index (χ1v) is 9.36. The number of nitrogens with zero attached hydrogens (tertiary/aromatic N) is 2. The molecular formula is C22H25N3O3. The molecule has 0 radical (unpaired) electrons. The number of hydrogen-bond donors (Lipinski definition) is 1. The number of carbonyl (C=O) groups excluding carboxylic acids is 1. The fourth-order valence-corrected chi connectivity index (χ4v) is 3.21. The van der Waals surface area contributed by atoms with E-state index in [4.69, 9.17) is 0 Å². The summed E-state index contributed by atoms with van der Waals surface area (Å²) in [5.74, 6) is 0.0270. The van der Waals surface area contributed by atoms with Gasteiger partial charge in [-0.05, 0) is 35.8 Å². The summed E-state index contributed by atoms with van der Waals surface area (Å²) in [5.41, 5.74) is 6.30. The average Bonchev–Trinajstić information content (AvgIpc) is 3.46. The van der Waals surface area contributed by atoms with E-state index in [-0.39, 0.29) is 28.8 Å². The lowest BCUT2D eigenvalue weighted by Gasteiger charge is -2.19. The summed E-state index contributed by atoms with van der Waals surface area (Å²) in [5, 5.41) is 15.0. The summed E-state index contributed by atoms with van der Waals surface area (Å²) in [4.78, 5) is 22.8. The second-order valence-electron chi connectivity index (χ2n) is 8.30. The molecule has 0 heterocycles. The molecule has 0 aliphatic heterocycles. The number of hydrogen-bond acceptors (Lipinski definition) is 4. The van der Waals surface area contributed by atoms with Gasteiger partial charge in [0.1, 0.15) is 0 Å². The Kier molecular flexibility index (Phi) is 5.31.